The topological polar surface area (TPSA) is 43.4 Å². The standard InChI is InChI=1S/C10H15ClO3/c1-7(12)14-9-4-2-8(3-5-9)6-10(11)13/h8-9H,2-6H2,1H3. The van der Waals surface area contributed by atoms with Crippen LogP contribution in [0.1, 0.15) is 39.0 Å². The molecule has 0 aromatic carbocycles. The second-order valence-electron chi connectivity index (χ2n) is 3.81. The van der Waals surface area contributed by atoms with Crippen molar-refractivity contribution in [3.8, 4) is 0 Å². The highest BCUT2D eigenvalue weighted by atomic mass is 35.5. The first-order valence-corrected chi connectivity index (χ1v) is 5.31. The molecule has 0 aromatic rings. The number of hydrogen-bond donors (Lipinski definition) is 0. The Morgan fingerprint density at radius 2 is 1.86 bits per heavy atom. The van der Waals surface area contributed by atoms with Crippen molar-refractivity contribution in [1.29, 1.82) is 0 Å². The molecule has 3 nitrogen and oxygen atoms in total. The largest absolute Gasteiger partial charge is 0.463 e. The fourth-order valence-corrected chi connectivity index (χ4v) is 2.13. The monoisotopic (exact) mass is 218 g/mol. The van der Waals surface area contributed by atoms with Gasteiger partial charge in [0, 0.05) is 13.3 Å². The number of rotatable bonds is 3. The van der Waals surface area contributed by atoms with Gasteiger partial charge < -0.3 is 4.74 Å². The lowest BCUT2D eigenvalue weighted by molar-refractivity contribution is -0.148. The number of halogens is 1. The lowest BCUT2D eigenvalue weighted by Crippen LogP contribution is -2.24. The molecule has 1 fully saturated rings. The van der Waals surface area contributed by atoms with Crippen LogP contribution in [0.15, 0.2) is 0 Å². The maximum absolute atomic E-state index is 10.7. The van der Waals surface area contributed by atoms with Crippen molar-refractivity contribution in [2.75, 3.05) is 0 Å². The van der Waals surface area contributed by atoms with Crippen molar-refractivity contribution in [2.24, 2.45) is 5.92 Å². The average Bonchev–Trinajstić information content (AvgIpc) is 2.06. The molecule has 0 saturated heterocycles. The first-order chi connectivity index (χ1) is 6.58. The zero-order chi connectivity index (χ0) is 10.6. The van der Waals surface area contributed by atoms with Crippen LogP contribution in [0.3, 0.4) is 0 Å². The van der Waals surface area contributed by atoms with E-state index >= 15 is 0 Å². The third-order valence-electron chi connectivity index (χ3n) is 2.58. The van der Waals surface area contributed by atoms with Gasteiger partial charge in [-0.3, -0.25) is 9.59 Å². The number of esters is 1. The second kappa shape index (κ2) is 5.35. The highest BCUT2D eigenvalue weighted by Gasteiger charge is 2.23. The molecule has 0 aliphatic heterocycles. The van der Waals surface area contributed by atoms with Crippen molar-refractivity contribution in [3.63, 3.8) is 0 Å². The molecule has 0 N–H and O–H groups in total. The van der Waals surface area contributed by atoms with Gasteiger partial charge in [-0.25, -0.2) is 0 Å². The number of carbonyl (C=O) groups is 2. The third kappa shape index (κ3) is 4.09. The SMILES string of the molecule is CC(=O)OC1CCC(CC(=O)Cl)CC1. The molecule has 0 unspecified atom stereocenters. The van der Waals surface area contributed by atoms with Gasteiger partial charge in [0.2, 0.25) is 5.24 Å². The summed E-state index contributed by atoms with van der Waals surface area (Å²) < 4.78 is 5.09. The normalized spacial score (nSPS) is 27.0. The van der Waals surface area contributed by atoms with E-state index in [0.29, 0.717) is 12.3 Å². The van der Waals surface area contributed by atoms with Crippen LogP contribution in [0.4, 0.5) is 0 Å². The van der Waals surface area contributed by atoms with Gasteiger partial charge >= 0.3 is 5.97 Å². The Morgan fingerprint density at radius 1 is 1.29 bits per heavy atom. The first kappa shape index (κ1) is 11.5. The van der Waals surface area contributed by atoms with Crippen LogP contribution >= 0.6 is 11.6 Å². The summed E-state index contributed by atoms with van der Waals surface area (Å²) in [5.74, 6) is 0.161. The molecule has 0 amide bonds. The summed E-state index contributed by atoms with van der Waals surface area (Å²) in [4.78, 5) is 21.3. The molecule has 0 heterocycles. The fraction of sp³-hybridized carbons (Fsp3) is 0.800. The van der Waals surface area contributed by atoms with E-state index in [4.69, 9.17) is 16.3 Å². The van der Waals surface area contributed by atoms with E-state index in [1.54, 1.807) is 0 Å². The highest BCUT2D eigenvalue weighted by molar-refractivity contribution is 6.63. The van der Waals surface area contributed by atoms with Crippen LogP contribution in [0, 0.1) is 5.92 Å². The van der Waals surface area contributed by atoms with Crippen molar-refractivity contribution < 1.29 is 14.3 Å². The molecule has 0 radical (unpaired) electrons. The second-order valence-corrected chi connectivity index (χ2v) is 4.23. The molecule has 4 heteroatoms. The van der Waals surface area contributed by atoms with Crippen LogP contribution in [0.2, 0.25) is 0 Å². The number of ether oxygens (including phenoxy) is 1. The quantitative estimate of drug-likeness (QED) is 0.539. The van der Waals surface area contributed by atoms with Gasteiger partial charge in [-0.2, -0.15) is 0 Å². The Morgan fingerprint density at radius 3 is 2.29 bits per heavy atom. The van der Waals surface area contributed by atoms with E-state index < -0.39 is 0 Å². The molecule has 80 valence electrons. The third-order valence-corrected chi connectivity index (χ3v) is 2.73. The van der Waals surface area contributed by atoms with E-state index in [9.17, 15) is 9.59 Å². The Bertz CT molecular complexity index is 195. The number of hydrogen-bond acceptors (Lipinski definition) is 3. The Kier molecular flexibility index (Phi) is 4.39. The summed E-state index contributed by atoms with van der Waals surface area (Å²) in [7, 11) is 0. The lowest BCUT2D eigenvalue weighted by atomic mass is 9.85. The van der Waals surface area contributed by atoms with Crippen molar-refractivity contribution in [3.05, 3.63) is 0 Å². The molecule has 0 aromatic heterocycles. The molecule has 1 aliphatic rings. The predicted octanol–water partition coefficient (Wildman–Crippen LogP) is 2.26. The van der Waals surface area contributed by atoms with Gasteiger partial charge in [0.05, 0.1) is 0 Å². The zero-order valence-corrected chi connectivity index (χ0v) is 9.05. The van der Waals surface area contributed by atoms with Crippen LogP contribution in [0.5, 0.6) is 0 Å². The minimum atomic E-state index is -0.263. The minimum Gasteiger partial charge on any atom is -0.463 e. The molecular formula is C10H15ClO3. The maximum atomic E-state index is 10.7. The summed E-state index contributed by atoms with van der Waals surface area (Å²) in [5, 5.41) is -0.263. The van der Waals surface area contributed by atoms with Gasteiger partial charge in [0.25, 0.3) is 0 Å². The Hall–Kier alpha value is -0.570. The van der Waals surface area contributed by atoms with Gasteiger partial charge in [-0.1, -0.05) is 0 Å². The molecule has 1 aliphatic carbocycles. The maximum Gasteiger partial charge on any atom is 0.302 e. The van der Waals surface area contributed by atoms with Crippen molar-refractivity contribution >= 4 is 22.8 Å². The predicted molar refractivity (Wildman–Crippen MR) is 53.0 cm³/mol. The smallest absolute Gasteiger partial charge is 0.302 e. The molecular weight excluding hydrogens is 204 g/mol. The fourth-order valence-electron chi connectivity index (χ4n) is 1.92. The Labute approximate surface area is 88.8 Å². The van der Waals surface area contributed by atoms with Gasteiger partial charge in [0.15, 0.2) is 0 Å². The molecule has 14 heavy (non-hydrogen) atoms. The van der Waals surface area contributed by atoms with Gasteiger partial charge in [-0.05, 0) is 43.2 Å². The van der Waals surface area contributed by atoms with Crippen molar-refractivity contribution in [2.45, 2.75) is 45.1 Å². The zero-order valence-electron chi connectivity index (χ0n) is 8.29. The van der Waals surface area contributed by atoms with Crippen LogP contribution < -0.4 is 0 Å². The molecule has 0 atom stereocenters. The molecule has 1 saturated carbocycles. The van der Waals surface area contributed by atoms with E-state index in [2.05, 4.69) is 0 Å². The summed E-state index contributed by atoms with van der Waals surface area (Å²) in [5.41, 5.74) is 0. The van der Waals surface area contributed by atoms with Crippen molar-refractivity contribution in [1.82, 2.24) is 0 Å². The lowest BCUT2D eigenvalue weighted by Gasteiger charge is -2.27. The molecule has 1 rings (SSSR count). The number of carbonyl (C=O) groups excluding carboxylic acids is 2. The van der Waals surface area contributed by atoms with E-state index in [1.807, 2.05) is 0 Å². The van der Waals surface area contributed by atoms with Crippen LogP contribution in [-0.4, -0.2) is 17.3 Å². The van der Waals surface area contributed by atoms with Crippen LogP contribution in [-0.2, 0) is 14.3 Å². The minimum absolute atomic E-state index is 0.0502. The van der Waals surface area contributed by atoms with Gasteiger partial charge in [-0.15, -0.1) is 0 Å². The van der Waals surface area contributed by atoms with E-state index in [-0.39, 0.29) is 17.3 Å². The summed E-state index contributed by atoms with van der Waals surface area (Å²) in [6.45, 7) is 1.42. The van der Waals surface area contributed by atoms with Gasteiger partial charge in [0.1, 0.15) is 6.10 Å². The van der Waals surface area contributed by atoms with E-state index in [0.717, 1.165) is 25.7 Å². The summed E-state index contributed by atoms with van der Waals surface area (Å²) >= 11 is 5.31. The summed E-state index contributed by atoms with van der Waals surface area (Å²) in [6.07, 6.45) is 4.07. The average molecular weight is 219 g/mol. The van der Waals surface area contributed by atoms with E-state index in [1.165, 1.54) is 6.92 Å². The van der Waals surface area contributed by atoms with Crippen LogP contribution in [0.25, 0.3) is 0 Å². The molecule has 0 spiro atoms. The first-order valence-electron chi connectivity index (χ1n) is 4.93. The molecule has 0 bridgehead atoms. The Balaban J connectivity index is 2.24. The highest BCUT2D eigenvalue weighted by Crippen LogP contribution is 2.29. The summed E-state index contributed by atoms with van der Waals surface area (Å²) in [6, 6.07) is 0.